The molecule has 0 aliphatic carbocycles. The fourth-order valence-corrected chi connectivity index (χ4v) is 2.71. The van der Waals surface area contributed by atoms with E-state index in [9.17, 15) is 35.5 Å². The molecule has 0 atom stereocenters. The lowest BCUT2D eigenvalue weighted by Crippen LogP contribution is -2.08. The lowest BCUT2D eigenvalue weighted by Gasteiger charge is -2.12. The van der Waals surface area contributed by atoms with Crippen molar-refractivity contribution < 1.29 is 35.5 Å². The predicted octanol–water partition coefficient (Wildman–Crippen LogP) is 6.13. The van der Waals surface area contributed by atoms with Crippen molar-refractivity contribution in [2.24, 2.45) is 0 Å². The topological polar surface area (TPSA) is 134 Å². The first-order valence-corrected chi connectivity index (χ1v) is 10.5. The van der Waals surface area contributed by atoms with Gasteiger partial charge in [0.2, 0.25) is 5.88 Å². The van der Waals surface area contributed by atoms with Gasteiger partial charge in [-0.25, -0.2) is 4.39 Å². The Kier molecular flexibility index (Phi) is 9.64. The van der Waals surface area contributed by atoms with Crippen molar-refractivity contribution in [2.75, 3.05) is 0 Å². The van der Waals surface area contributed by atoms with Crippen LogP contribution >= 0.6 is 0 Å². The molecule has 0 bridgehead atoms. The number of aromatic nitrogens is 4. The number of aryl methyl sites for hydroxylation is 2. The van der Waals surface area contributed by atoms with Crippen molar-refractivity contribution in [2.45, 2.75) is 26.2 Å². The zero-order valence-corrected chi connectivity index (χ0v) is 19.9. The lowest BCUT2D eigenvalue weighted by molar-refractivity contribution is -0.140. The van der Waals surface area contributed by atoms with Crippen LogP contribution in [-0.4, -0.2) is 20.4 Å². The molecule has 2 heterocycles. The summed E-state index contributed by atoms with van der Waals surface area (Å²) in [6, 6.07) is 11.3. The van der Waals surface area contributed by atoms with Gasteiger partial charge in [-0.3, -0.25) is 15.0 Å². The van der Waals surface area contributed by atoms with Gasteiger partial charge in [0.15, 0.2) is 0 Å². The molecule has 0 fully saturated rings. The van der Waals surface area contributed by atoms with Crippen LogP contribution in [0.1, 0.15) is 33.6 Å². The van der Waals surface area contributed by atoms with E-state index in [0.717, 1.165) is 23.9 Å². The summed E-state index contributed by atoms with van der Waals surface area (Å²) in [5.41, 5.74) is -1.26. The van der Waals surface area contributed by atoms with Gasteiger partial charge in [-0.2, -0.15) is 36.9 Å². The van der Waals surface area contributed by atoms with Crippen molar-refractivity contribution in [3.05, 3.63) is 98.3 Å². The van der Waals surface area contributed by atoms with E-state index >= 15 is 0 Å². The Morgan fingerprint density at radius 1 is 0.795 bits per heavy atom. The van der Waals surface area contributed by atoms with Crippen LogP contribution < -0.4 is 10.3 Å². The van der Waals surface area contributed by atoms with Crippen LogP contribution in [0.3, 0.4) is 0 Å². The molecule has 0 saturated carbocycles. The third-order valence-corrected chi connectivity index (χ3v) is 4.44. The highest BCUT2D eigenvalue weighted by molar-refractivity contribution is 5.45. The summed E-state index contributed by atoms with van der Waals surface area (Å²) in [5.74, 6) is -1.72. The number of nitrogens with zero attached hydrogens (tertiary/aromatic N) is 3. The van der Waals surface area contributed by atoms with Crippen molar-refractivity contribution in [1.82, 2.24) is 20.4 Å². The first-order chi connectivity index (χ1) is 18.1. The average Bonchev–Trinajstić information content (AvgIpc) is 3.45. The molecule has 2 aromatic heterocycles. The Labute approximate surface area is 215 Å². The second kappa shape index (κ2) is 12.5. The SMILES string of the molecule is Cc1cc(=O)[nH][nH]1.Cc1cc(Oc2ccc(C#N)cc2C(F)(F)F)n[nH]1.N#Cc1ccc(F)c(C(F)(F)F)c1. The van der Waals surface area contributed by atoms with E-state index in [-0.39, 0.29) is 22.6 Å². The van der Waals surface area contributed by atoms with Crippen LogP contribution in [0.4, 0.5) is 30.7 Å². The zero-order valence-electron chi connectivity index (χ0n) is 19.9. The molecule has 0 amide bonds. The maximum atomic E-state index is 12.9. The van der Waals surface area contributed by atoms with Gasteiger partial charge in [0, 0.05) is 23.5 Å². The van der Waals surface area contributed by atoms with E-state index in [1.54, 1.807) is 13.0 Å². The van der Waals surface area contributed by atoms with Crippen LogP contribution in [0.25, 0.3) is 0 Å². The van der Waals surface area contributed by atoms with Crippen molar-refractivity contribution in [1.29, 1.82) is 10.5 Å². The summed E-state index contributed by atoms with van der Waals surface area (Å²) >= 11 is 0. The maximum Gasteiger partial charge on any atom is 0.420 e. The van der Waals surface area contributed by atoms with Crippen LogP contribution in [0.2, 0.25) is 0 Å². The van der Waals surface area contributed by atoms with E-state index in [1.165, 1.54) is 24.3 Å². The molecule has 4 rings (SSSR count). The predicted molar refractivity (Wildman–Crippen MR) is 122 cm³/mol. The molecular formula is C24H17F7N6O2. The minimum Gasteiger partial charge on any atom is -0.437 e. The number of halogens is 7. The molecule has 15 heteroatoms. The average molecular weight is 554 g/mol. The normalized spacial score (nSPS) is 10.7. The number of alkyl halides is 6. The standard InChI is InChI=1S/C12H8F3N3O.C8H3F4N.C4H6N2O/c1-7-4-11(18-17-7)19-10-3-2-8(6-16)5-9(10)12(13,14)15;9-7-2-1-5(4-13)3-6(7)8(10,11)12;1-3-2-4(7)6-5-3/h2-5H,1H3,(H,17,18);1-3H;2H,1H3,(H2,5,6,7). The monoisotopic (exact) mass is 554 g/mol. The maximum absolute atomic E-state index is 12.9. The minimum atomic E-state index is -4.75. The molecule has 0 spiro atoms. The van der Waals surface area contributed by atoms with Gasteiger partial charge in [-0.1, -0.05) is 0 Å². The van der Waals surface area contributed by atoms with Crippen molar-refractivity contribution >= 4 is 0 Å². The van der Waals surface area contributed by atoms with Gasteiger partial charge < -0.3 is 9.84 Å². The third-order valence-electron chi connectivity index (χ3n) is 4.44. The quantitative estimate of drug-likeness (QED) is 0.256. The second-order valence-electron chi connectivity index (χ2n) is 7.56. The lowest BCUT2D eigenvalue weighted by atomic mass is 10.1. The second-order valence-corrected chi connectivity index (χ2v) is 7.56. The van der Waals surface area contributed by atoms with E-state index < -0.39 is 35.0 Å². The summed E-state index contributed by atoms with van der Waals surface area (Å²) < 4.78 is 92.3. The van der Waals surface area contributed by atoms with Gasteiger partial charge in [0.05, 0.1) is 34.4 Å². The summed E-state index contributed by atoms with van der Waals surface area (Å²) in [4.78, 5) is 10.2. The molecule has 0 radical (unpaired) electrons. The number of nitrogens with one attached hydrogen (secondary N) is 3. The van der Waals surface area contributed by atoms with E-state index in [1.807, 2.05) is 6.92 Å². The van der Waals surface area contributed by atoms with Crippen molar-refractivity contribution in [3.8, 4) is 23.8 Å². The molecule has 0 unspecified atom stereocenters. The van der Waals surface area contributed by atoms with Crippen LogP contribution in [0.5, 0.6) is 11.6 Å². The van der Waals surface area contributed by atoms with E-state index in [4.69, 9.17) is 15.3 Å². The number of nitriles is 2. The Morgan fingerprint density at radius 2 is 1.36 bits per heavy atom. The molecular weight excluding hydrogens is 537 g/mol. The van der Waals surface area contributed by atoms with Crippen LogP contribution in [0.15, 0.2) is 53.3 Å². The zero-order chi connectivity index (χ0) is 29.4. The Hall–Kier alpha value is -5.05. The largest absolute Gasteiger partial charge is 0.437 e. The Morgan fingerprint density at radius 3 is 1.77 bits per heavy atom. The summed E-state index contributed by atoms with van der Waals surface area (Å²) in [6.45, 7) is 3.52. The highest BCUT2D eigenvalue weighted by Gasteiger charge is 2.35. The van der Waals surface area contributed by atoms with Gasteiger partial charge in [0.25, 0.3) is 5.56 Å². The fourth-order valence-electron chi connectivity index (χ4n) is 2.71. The molecule has 0 saturated heterocycles. The summed E-state index contributed by atoms with van der Waals surface area (Å²) in [5, 5.41) is 28.2. The molecule has 39 heavy (non-hydrogen) atoms. The first-order valence-electron chi connectivity index (χ1n) is 10.5. The van der Waals surface area contributed by atoms with Gasteiger partial charge in [-0.05, 0) is 50.2 Å². The van der Waals surface area contributed by atoms with Gasteiger partial charge >= 0.3 is 12.4 Å². The van der Waals surface area contributed by atoms with Crippen molar-refractivity contribution in [3.63, 3.8) is 0 Å². The van der Waals surface area contributed by atoms with Crippen LogP contribution in [0, 0.1) is 42.3 Å². The first kappa shape index (κ1) is 30.2. The Balaban J connectivity index is 0.000000229. The number of hydrogen-bond donors (Lipinski definition) is 3. The highest BCUT2D eigenvalue weighted by Crippen LogP contribution is 2.38. The fraction of sp³-hybridized carbons (Fsp3) is 0.167. The minimum absolute atomic E-state index is 0.0349. The smallest absolute Gasteiger partial charge is 0.420 e. The van der Waals surface area contributed by atoms with Gasteiger partial charge in [0.1, 0.15) is 11.6 Å². The number of ether oxygens (including phenoxy) is 1. The van der Waals surface area contributed by atoms with E-state index in [0.29, 0.717) is 17.8 Å². The molecule has 3 N–H and O–H groups in total. The molecule has 0 aliphatic heterocycles. The highest BCUT2D eigenvalue weighted by atomic mass is 19.4. The summed E-state index contributed by atoms with van der Waals surface area (Å²) in [6.07, 6.45) is -9.36. The number of hydrogen-bond acceptors (Lipinski definition) is 5. The molecule has 8 nitrogen and oxygen atoms in total. The number of rotatable bonds is 2. The third kappa shape index (κ3) is 9.08. The molecule has 0 aliphatic rings. The van der Waals surface area contributed by atoms with Gasteiger partial charge in [-0.15, -0.1) is 5.10 Å². The molecule has 2 aromatic carbocycles. The number of H-pyrrole nitrogens is 3. The number of aromatic amines is 3. The summed E-state index contributed by atoms with van der Waals surface area (Å²) in [7, 11) is 0. The molecule has 4 aromatic rings. The van der Waals surface area contributed by atoms with Crippen LogP contribution in [-0.2, 0) is 12.4 Å². The molecule has 204 valence electrons. The number of benzene rings is 2. The van der Waals surface area contributed by atoms with E-state index in [2.05, 4.69) is 20.4 Å². The Bertz CT molecular complexity index is 1550.